The monoisotopic (exact) mass is 934 g/mol. The highest BCUT2D eigenvalue weighted by Crippen LogP contribution is 2.51. The Morgan fingerprint density at radius 2 is 0.836 bits per heavy atom. The van der Waals surface area contributed by atoms with E-state index in [2.05, 4.69) is 229 Å². The summed E-state index contributed by atoms with van der Waals surface area (Å²) in [4.78, 5) is 15.9. The molecule has 9 aromatic carbocycles. The van der Waals surface area contributed by atoms with Crippen molar-refractivity contribution in [3.63, 3.8) is 0 Å². The van der Waals surface area contributed by atoms with Gasteiger partial charge in [-0.15, -0.1) is 0 Å². The third kappa shape index (κ3) is 8.13. The van der Waals surface area contributed by atoms with Gasteiger partial charge in [0.25, 0.3) is 0 Å². The van der Waals surface area contributed by atoms with Gasteiger partial charge in [0.2, 0.25) is 0 Å². The summed E-state index contributed by atoms with van der Waals surface area (Å²) in [6, 6.07) is 78.6. The quantitative estimate of drug-likeness (QED) is 0.137. The summed E-state index contributed by atoms with van der Waals surface area (Å²) in [5.41, 5.74) is 19.2. The standard InChI is InChI=1S/C69H50N4/c1-9-25-47(26-10-1)56-41-43-58-59-44-42-57(48-27-11-2-12-28-48)63(52-35-19-6-20-36-52)66(59)73(65(58)62(56)51-33-17-5-18-34-51)64-60(49-29-13-3-14-30-49)45-55(46-61(64)50-31-15-4-16-32-50)69-71-67(53-37-21-7-22-38-53)70-68(72-69)54-39-23-8-24-40-54/h1-3,5-15,17-29,31-46,49H,4,16,30H2. The zero-order chi connectivity index (χ0) is 48.5. The third-order valence-electron chi connectivity index (χ3n) is 14.4. The molecule has 0 radical (unpaired) electrons. The molecule has 346 valence electrons. The number of nitrogens with zero attached hydrogens (tertiary/aromatic N) is 4. The minimum Gasteiger partial charge on any atom is -0.307 e. The SMILES string of the molecule is C1=CCC(c2cc(-c3nc(-c4ccccc4)nc(-c4ccccc4)n3)cc(C3=CCCC=C3)c2-n2c3c(-c4ccccc4)c(-c4ccccc4)ccc3c3ccc(-c4ccccc4)c(-c4ccccc4)c32)C=C1. The molecule has 0 bridgehead atoms. The molecule has 1 unspecified atom stereocenters. The van der Waals surface area contributed by atoms with Crippen LogP contribution in [0.25, 0.3) is 112 Å². The number of fused-ring (bicyclic) bond motifs is 3. The first-order chi connectivity index (χ1) is 36.2. The van der Waals surface area contributed by atoms with Gasteiger partial charge in [-0.25, -0.2) is 15.0 Å². The minimum atomic E-state index is 0.0263. The molecule has 2 aromatic heterocycles. The molecule has 13 rings (SSSR count). The minimum absolute atomic E-state index is 0.0263. The highest BCUT2D eigenvalue weighted by atomic mass is 15.0. The van der Waals surface area contributed by atoms with Crippen molar-refractivity contribution in [2.75, 3.05) is 0 Å². The maximum Gasteiger partial charge on any atom is 0.164 e. The van der Waals surface area contributed by atoms with Crippen molar-refractivity contribution in [2.24, 2.45) is 0 Å². The van der Waals surface area contributed by atoms with Crippen LogP contribution in [-0.2, 0) is 0 Å². The highest BCUT2D eigenvalue weighted by Gasteiger charge is 2.30. The van der Waals surface area contributed by atoms with E-state index < -0.39 is 0 Å². The topological polar surface area (TPSA) is 43.6 Å². The molecule has 4 nitrogen and oxygen atoms in total. The van der Waals surface area contributed by atoms with E-state index in [0.29, 0.717) is 17.5 Å². The molecule has 73 heavy (non-hydrogen) atoms. The second-order valence-corrected chi connectivity index (χ2v) is 18.9. The number of hydrogen-bond donors (Lipinski definition) is 0. The fourth-order valence-corrected chi connectivity index (χ4v) is 11.0. The summed E-state index contributed by atoms with van der Waals surface area (Å²) in [6.45, 7) is 0. The van der Waals surface area contributed by atoms with Gasteiger partial charge in [0.1, 0.15) is 0 Å². The summed E-state index contributed by atoms with van der Waals surface area (Å²) in [7, 11) is 0. The van der Waals surface area contributed by atoms with Crippen molar-refractivity contribution >= 4 is 27.4 Å². The predicted octanol–water partition coefficient (Wildman–Crippen LogP) is 18.0. The highest BCUT2D eigenvalue weighted by molar-refractivity contribution is 6.21. The Morgan fingerprint density at radius 3 is 1.27 bits per heavy atom. The van der Waals surface area contributed by atoms with E-state index in [4.69, 9.17) is 15.0 Å². The smallest absolute Gasteiger partial charge is 0.164 e. The normalized spacial score (nSPS) is 14.2. The molecule has 2 aliphatic rings. The fraction of sp³-hybridized carbons (Fsp3) is 0.0580. The van der Waals surface area contributed by atoms with Crippen LogP contribution in [0.5, 0.6) is 0 Å². The van der Waals surface area contributed by atoms with Gasteiger partial charge in [-0.05, 0) is 75.9 Å². The van der Waals surface area contributed by atoms with Crippen LogP contribution in [0.1, 0.15) is 36.3 Å². The largest absolute Gasteiger partial charge is 0.307 e. The third-order valence-corrected chi connectivity index (χ3v) is 14.4. The molecular weight excluding hydrogens is 885 g/mol. The van der Waals surface area contributed by atoms with Gasteiger partial charge in [0.15, 0.2) is 17.5 Å². The Bertz CT molecular complexity index is 3750. The van der Waals surface area contributed by atoms with E-state index in [-0.39, 0.29) is 5.92 Å². The summed E-state index contributed by atoms with van der Waals surface area (Å²) in [5.74, 6) is 1.93. The molecule has 0 N–H and O–H groups in total. The second-order valence-electron chi connectivity index (χ2n) is 18.9. The molecule has 0 fully saturated rings. The van der Waals surface area contributed by atoms with Crippen LogP contribution in [0.2, 0.25) is 0 Å². The van der Waals surface area contributed by atoms with Gasteiger partial charge in [-0.1, -0.05) is 249 Å². The Morgan fingerprint density at radius 1 is 0.384 bits per heavy atom. The number of benzene rings is 9. The van der Waals surface area contributed by atoms with Crippen LogP contribution in [0.4, 0.5) is 0 Å². The average molecular weight is 935 g/mol. The Kier molecular flexibility index (Phi) is 11.5. The van der Waals surface area contributed by atoms with Crippen LogP contribution in [0, 0.1) is 0 Å². The molecule has 0 spiro atoms. The van der Waals surface area contributed by atoms with Crippen LogP contribution in [-0.4, -0.2) is 19.5 Å². The van der Waals surface area contributed by atoms with E-state index in [9.17, 15) is 0 Å². The number of aromatic nitrogens is 4. The molecule has 0 saturated heterocycles. The summed E-state index contributed by atoms with van der Waals surface area (Å²) < 4.78 is 2.68. The summed E-state index contributed by atoms with van der Waals surface area (Å²) in [5, 5.41) is 2.38. The number of rotatable bonds is 10. The van der Waals surface area contributed by atoms with E-state index in [1.165, 1.54) is 55.3 Å². The van der Waals surface area contributed by atoms with Gasteiger partial charge in [-0.2, -0.15) is 0 Å². The van der Waals surface area contributed by atoms with Crippen LogP contribution < -0.4 is 0 Å². The van der Waals surface area contributed by atoms with Crippen molar-refractivity contribution < 1.29 is 0 Å². The first kappa shape index (κ1) is 43.7. The molecule has 2 aliphatic carbocycles. The van der Waals surface area contributed by atoms with Crippen molar-refractivity contribution in [1.82, 2.24) is 19.5 Å². The maximum atomic E-state index is 5.36. The lowest BCUT2D eigenvalue weighted by molar-refractivity contribution is 0.842. The lowest BCUT2D eigenvalue weighted by Crippen LogP contribution is -2.11. The number of allylic oxidation sites excluding steroid dienone is 8. The van der Waals surface area contributed by atoms with Crippen LogP contribution in [0.15, 0.2) is 261 Å². The molecule has 0 amide bonds. The van der Waals surface area contributed by atoms with Crippen molar-refractivity contribution in [3.8, 4) is 84.4 Å². The van der Waals surface area contributed by atoms with E-state index >= 15 is 0 Å². The predicted molar refractivity (Wildman–Crippen MR) is 304 cm³/mol. The van der Waals surface area contributed by atoms with E-state index in [1.807, 2.05) is 36.4 Å². The van der Waals surface area contributed by atoms with Crippen molar-refractivity contribution in [3.05, 3.63) is 272 Å². The first-order valence-electron chi connectivity index (χ1n) is 25.4. The molecular formula is C69H50N4. The Labute approximate surface area is 426 Å². The molecule has 0 saturated carbocycles. The second kappa shape index (κ2) is 19.2. The summed E-state index contributed by atoms with van der Waals surface area (Å²) in [6.07, 6.45) is 18.9. The van der Waals surface area contributed by atoms with Gasteiger partial charge >= 0.3 is 0 Å². The van der Waals surface area contributed by atoms with Gasteiger partial charge in [0, 0.05) is 50.1 Å². The van der Waals surface area contributed by atoms with Gasteiger partial charge in [0.05, 0.1) is 16.7 Å². The zero-order valence-electron chi connectivity index (χ0n) is 40.3. The van der Waals surface area contributed by atoms with Crippen molar-refractivity contribution in [1.29, 1.82) is 0 Å². The van der Waals surface area contributed by atoms with Crippen LogP contribution >= 0.6 is 0 Å². The van der Waals surface area contributed by atoms with Gasteiger partial charge < -0.3 is 4.57 Å². The summed E-state index contributed by atoms with van der Waals surface area (Å²) >= 11 is 0. The van der Waals surface area contributed by atoms with Crippen LogP contribution in [0.3, 0.4) is 0 Å². The first-order valence-corrected chi connectivity index (χ1v) is 25.4. The fourth-order valence-electron chi connectivity index (χ4n) is 11.0. The van der Waals surface area contributed by atoms with Gasteiger partial charge in [-0.3, -0.25) is 0 Å². The molecule has 1 atom stereocenters. The van der Waals surface area contributed by atoms with Crippen molar-refractivity contribution in [2.45, 2.75) is 25.2 Å². The lowest BCUT2D eigenvalue weighted by atomic mass is 9.85. The zero-order valence-corrected chi connectivity index (χ0v) is 40.3. The molecule has 4 heteroatoms. The Balaban J connectivity index is 1.24. The average Bonchev–Trinajstić information content (AvgIpc) is 3.82. The van der Waals surface area contributed by atoms with E-state index in [1.54, 1.807) is 0 Å². The molecule has 0 aliphatic heterocycles. The molecule has 11 aromatic rings. The Hall–Kier alpha value is -9.25. The van der Waals surface area contributed by atoms with E-state index in [0.717, 1.165) is 69.4 Å². The molecule has 2 heterocycles. The maximum absolute atomic E-state index is 5.36. The number of hydrogen-bond acceptors (Lipinski definition) is 3. The lowest BCUT2D eigenvalue weighted by Gasteiger charge is -2.27.